The van der Waals surface area contributed by atoms with Crippen molar-refractivity contribution in [2.75, 3.05) is 6.61 Å². The summed E-state index contributed by atoms with van der Waals surface area (Å²) in [5.41, 5.74) is 5.94. The Balaban J connectivity index is 2.10. The summed E-state index contributed by atoms with van der Waals surface area (Å²) in [4.78, 5) is 33.4. The molecule has 7 heteroatoms. The van der Waals surface area contributed by atoms with Gasteiger partial charge in [0.05, 0.1) is 0 Å². The zero-order valence-corrected chi connectivity index (χ0v) is 10.6. The number of hydrogen-bond acceptors (Lipinski definition) is 5. The molecule has 20 heavy (non-hydrogen) atoms. The maximum atomic E-state index is 11.8. The third-order valence-corrected chi connectivity index (χ3v) is 2.63. The van der Waals surface area contributed by atoms with E-state index in [0.29, 0.717) is 11.1 Å². The van der Waals surface area contributed by atoms with Gasteiger partial charge in [-0.05, 0) is 13.0 Å². The van der Waals surface area contributed by atoms with Gasteiger partial charge in [0.2, 0.25) is 5.76 Å². The van der Waals surface area contributed by atoms with Crippen LogP contribution in [0.2, 0.25) is 0 Å². The molecule has 1 aromatic carbocycles. The van der Waals surface area contributed by atoms with Gasteiger partial charge in [0.25, 0.3) is 5.91 Å². The van der Waals surface area contributed by atoms with Gasteiger partial charge in [-0.3, -0.25) is 10.1 Å². The number of esters is 1. The van der Waals surface area contributed by atoms with Crippen molar-refractivity contribution < 1.29 is 23.5 Å². The second kappa shape index (κ2) is 5.43. The van der Waals surface area contributed by atoms with Crippen molar-refractivity contribution in [2.24, 2.45) is 5.73 Å². The first-order valence-electron chi connectivity index (χ1n) is 5.73. The van der Waals surface area contributed by atoms with Gasteiger partial charge in [0.1, 0.15) is 5.58 Å². The minimum atomic E-state index is -1.01. The molecule has 0 aliphatic heterocycles. The Morgan fingerprint density at radius 3 is 2.65 bits per heavy atom. The topological polar surface area (TPSA) is 112 Å². The fraction of sp³-hybridized carbons (Fsp3) is 0.154. The second-order valence-corrected chi connectivity index (χ2v) is 4.04. The van der Waals surface area contributed by atoms with Crippen molar-refractivity contribution in [3.05, 3.63) is 35.6 Å². The van der Waals surface area contributed by atoms with E-state index in [-0.39, 0.29) is 5.76 Å². The molecule has 0 saturated heterocycles. The SMILES string of the molecule is Cc1c(C(=O)OCC(=O)NC(N)=O)oc2ccccc12. The molecule has 1 aromatic heterocycles. The number of aryl methyl sites for hydroxylation is 1. The molecule has 104 valence electrons. The van der Waals surface area contributed by atoms with Gasteiger partial charge < -0.3 is 14.9 Å². The van der Waals surface area contributed by atoms with E-state index in [1.165, 1.54) is 0 Å². The van der Waals surface area contributed by atoms with E-state index in [1.54, 1.807) is 24.4 Å². The number of para-hydroxylation sites is 1. The van der Waals surface area contributed by atoms with Crippen LogP contribution < -0.4 is 11.1 Å². The lowest BCUT2D eigenvalue weighted by Gasteiger charge is -2.02. The summed E-state index contributed by atoms with van der Waals surface area (Å²) in [6, 6.07) is 6.12. The van der Waals surface area contributed by atoms with Crippen molar-refractivity contribution in [3.8, 4) is 0 Å². The third-order valence-electron chi connectivity index (χ3n) is 2.63. The van der Waals surface area contributed by atoms with Crippen molar-refractivity contribution in [3.63, 3.8) is 0 Å². The number of amides is 3. The van der Waals surface area contributed by atoms with Crippen molar-refractivity contribution >= 4 is 28.9 Å². The number of nitrogens with one attached hydrogen (secondary N) is 1. The summed E-state index contributed by atoms with van der Waals surface area (Å²) in [6.07, 6.45) is 0. The van der Waals surface area contributed by atoms with Crippen LogP contribution in [0.3, 0.4) is 0 Å². The number of benzene rings is 1. The Kier molecular flexibility index (Phi) is 3.69. The lowest BCUT2D eigenvalue weighted by atomic mass is 10.1. The van der Waals surface area contributed by atoms with E-state index in [2.05, 4.69) is 0 Å². The molecular weight excluding hydrogens is 264 g/mol. The number of carbonyl (C=O) groups excluding carboxylic acids is 3. The van der Waals surface area contributed by atoms with Crippen LogP contribution in [0.4, 0.5) is 4.79 Å². The predicted octanol–water partition coefficient (Wildman–Crippen LogP) is 1.09. The largest absolute Gasteiger partial charge is 0.450 e. The molecule has 7 nitrogen and oxygen atoms in total. The molecule has 0 saturated carbocycles. The summed E-state index contributed by atoms with van der Waals surface area (Å²) in [6.45, 7) is 1.10. The molecule has 0 aliphatic carbocycles. The number of rotatable bonds is 3. The van der Waals surface area contributed by atoms with E-state index in [9.17, 15) is 14.4 Å². The maximum absolute atomic E-state index is 11.8. The number of carbonyl (C=O) groups is 3. The Hall–Kier alpha value is -2.83. The quantitative estimate of drug-likeness (QED) is 0.815. The Morgan fingerprint density at radius 2 is 2.00 bits per heavy atom. The van der Waals surface area contributed by atoms with Crippen LogP contribution in [0, 0.1) is 6.92 Å². The fourth-order valence-corrected chi connectivity index (χ4v) is 1.74. The molecule has 0 atom stereocenters. The molecule has 3 amide bonds. The van der Waals surface area contributed by atoms with Crippen molar-refractivity contribution in [1.29, 1.82) is 0 Å². The smallest absolute Gasteiger partial charge is 0.375 e. The first-order valence-corrected chi connectivity index (χ1v) is 5.73. The lowest BCUT2D eigenvalue weighted by Crippen LogP contribution is -2.37. The van der Waals surface area contributed by atoms with Gasteiger partial charge in [-0.1, -0.05) is 18.2 Å². The predicted molar refractivity (Wildman–Crippen MR) is 69.0 cm³/mol. The summed E-state index contributed by atoms with van der Waals surface area (Å²) >= 11 is 0. The molecule has 0 fully saturated rings. The summed E-state index contributed by atoms with van der Waals surface area (Å²) in [5.74, 6) is -1.56. The molecule has 0 unspecified atom stereocenters. The highest BCUT2D eigenvalue weighted by Gasteiger charge is 2.19. The van der Waals surface area contributed by atoms with Gasteiger partial charge in [0, 0.05) is 10.9 Å². The third kappa shape index (κ3) is 2.77. The van der Waals surface area contributed by atoms with Crippen LogP contribution in [-0.2, 0) is 9.53 Å². The van der Waals surface area contributed by atoms with Gasteiger partial charge in [-0.2, -0.15) is 0 Å². The molecule has 3 N–H and O–H groups in total. The van der Waals surface area contributed by atoms with E-state index in [0.717, 1.165) is 5.39 Å². The van der Waals surface area contributed by atoms with Crippen LogP contribution in [0.15, 0.2) is 28.7 Å². The number of urea groups is 1. The Bertz CT molecular complexity index is 689. The molecule has 0 radical (unpaired) electrons. The van der Waals surface area contributed by atoms with Crippen molar-refractivity contribution in [1.82, 2.24) is 5.32 Å². The van der Waals surface area contributed by atoms with Crippen molar-refractivity contribution in [2.45, 2.75) is 6.92 Å². The average Bonchev–Trinajstić information content (AvgIpc) is 2.73. The Morgan fingerprint density at radius 1 is 1.30 bits per heavy atom. The molecule has 0 aliphatic rings. The minimum absolute atomic E-state index is 0.0260. The van der Waals surface area contributed by atoms with Crippen LogP contribution in [0.25, 0.3) is 11.0 Å². The van der Waals surface area contributed by atoms with Gasteiger partial charge in [-0.15, -0.1) is 0 Å². The zero-order chi connectivity index (χ0) is 14.7. The van der Waals surface area contributed by atoms with Crippen LogP contribution >= 0.6 is 0 Å². The van der Waals surface area contributed by atoms with Gasteiger partial charge in [0.15, 0.2) is 6.61 Å². The average molecular weight is 276 g/mol. The lowest BCUT2D eigenvalue weighted by molar-refractivity contribution is -0.123. The number of nitrogens with two attached hydrogens (primary N) is 1. The highest BCUT2D eigenvalue weighted by molar-refractivity contribution is 5.98. The molecule has 1 heterocycles. The monoisotopic (exact) mass is 276 g/mol. The Labute approximate surface area is 113 Å². The second-order valence-electron chi connectivity index (χ2n) is 4.04. The highest BCUT2D eigenvalue weighted by atomic mass is 16.5. The van der Waals surface area contributed by atoms with E-state index >= 15 is 0 Å². The maximum Gasteiger partial charge on any atom is 0.375 e. The van der Waals surface area contributed by atoms with Crippen LogP contribution in [0.1, 0.15) is 16.1 Å². The fourth-order valence-electron chi connectivity index (χ4n) is 1.74. The van der Waals surface area contributed by atoms with Gasteiger partial charge in [-0.25, -0.2) is 9.59 Å². The standard InChI is InChI=1S/C13H12N2O5/c1-7-8-4-2-3-5-9(8)20-11(7)12(17)19-6-10(16)15-13(14)18/h2-5H,6H2,1H3,(H3,14,15,16,18). The van der Waals surface area contributed by atoms with E-state index < -0.39 is 24.5 Å². The van der Waals surface area contributed by atoms with E-state index in [4.69, 9.17) is 14.9 Å². The van der Waals surface area contributed by atoms with Crippen LogP contribution in [-0.4, -0.2) is 24.5 Å². The van der Waals surface area contributed by atoms with Gasteiger partial charge >= 0.3 is 12.0 Å². The number of primary amides is 1. The molecule has 2 aromatic rings. The molecule has 0 spiro atoms. The first kappa shape index (κ1) is 13.6. The number of ether oxygens (including phenoxy) is 1. The number of hydrogen-bond donors (Lipinski definition) is 2. The number of furan rings is 1. The van der Waals surface area contributed by atoms with Crippen LogP contribution in [0.5, 0.6) is 0 Å². The molecule has 0 bridgehead atoms. The summed E-state index contributed by atoms with van der Waals surface area (Å²) in [5, 5.41) is 2.58. The first-order chi connectivity index (χ1) is 9.49. The normalized spacial score (nSPS) is 10.2. The molecule has 2 rings (SSSR count). The van der Waals surface area contributed by atoms with E-state index in [1.807, 2.05) is 12.1 Å². The highest BCUT2D eigenvalue weighted by Crippen LogP contribution is 2.25. The summed E-state index contributed by atoms with van der Waals surface area (Å²) in [7, 11) is 0. The molecular formula is C13H12N2O5. The zero-order valence-electron chi connectivity index (χ0n) is 10.6. The minimum Gasteiger partial charge on any atom is -0.450 e. The number of imide groups is 1. The summed E-state index contributed by atoms with van der Waals surface area (Å²) < 4.78 is 10.1. The number of fused-ring (bicyclic) bond motifs is 1.